The lowest BCUT2D eigenvalue weighted by molar-refractivity contribution is 0.114. The molecule has 0 radical (unpaired) electrons. The number of halogens is 1. The predicted octanol–water partition coefficient (Wildman–Crippen LogP) is 2.11. The van der Waals surface area contributed by atoms with Gasteiger partial charge in [0.25, 0.3) is 0 Å². The molecule has 1 saturated heterocycles. The summed E-state index contributed by atoms with van der Waals surface area (Å²) >= 11 is 0. The molecule has 0 aromatic heterocycles. The minimum atomic E-state index is 0. The molecule has 6 heteroatoms. The maximum Gasteiger partial charge on any atom is 0.191 e. The van der Waals surface area contributed by atoms with Gasteiger partial charge in [-0.25, -0.2) is 0 Å². The molecule has 0 saturated carbocycles. The van der Waals surface area contributed by atoms with Crippen LogP contribution < -0.4 is 10.6 Å². The maximum atomic E-state index is 9.59. The Morgan fingerprint density at radius 2 is 2.13 bits per heavy atom. The van der Waals surface area contributed by atoms with Crippen molar-refractivity contribution in [3.63, 3.8) is 0 Å². The van der Waals surface area contributed by atoms with Crippen LogP contribution in [-0.4, -0.2) is 50.0 Å². The van der Waals surface area contributed by atoms with Gasteiger partial charge in [0, 0.05) is 25.6 Å². The van der Waals surface area contributed by atoms with Gasteiger partial charge in [-0.1, -0.05) is 30.3 Å². The van der Waals surface area contributed by atoms with Crippen molar-refractivity contribution in [2.45, 2.75) is 31.8 Å². The van der Waals surface area contributed by atoms with Crippen molar-refractivity contribution in [2.24, 2.45) is 4.99 Å². The Morgan fingerprint density at radius 3 is 2.74 bits per heavy atom. The van der Waals surface area contributed by atoms with Gasteiger partial charge in [0.1, 0.15) is 0 Å². The van der Waals surface area contributed by atoms with Crippen LogP contribution >= 0.6 is 24.0 Å². The van der Waals surface area contributed by atoms with E-state index in [1.54, 1.807) is 0 Å². The fourth-order valence-corrected chi connectivity index (χ4v) is 2.55. The number of nitrogens with one attached hydrogen (secondary N) is 2. The standard InChI is InChI=1S/C17H27N3O2.HI/c1-2-18-17(20-12-16-9-6-10-22-16)19-11-15(13-21)14-7-4-3-5-8-14;/h3-5,7-8,15-16,21H,2,6,9-13H2,1H3,(H2,18,19,20);1H. The summed E-state index contributed by atoms with van der Waals surface area (Å²) in [4.78, 5) is 4.60. The summed E-state index contributed by atoms with van der Waals surface area (Å²) in [5.74, 6) is 0.812. The van der Waals surface area contributed by atoms with Crippen LogP contribution in [0.5, 0.6) is 0 Å². The van der Waals surface area contributed by atoms with Crippen molar-refractivity contribution in [1.82, 2.24) is 10.6 Å². The van der Waals surface area contributed by atoms with Gasteiger partial charge < -0.3 is 20.5 Å². The van der Waals surface area contributed by atoms with E-state index in [2.05, 4.69) is 15.6 Å². The van der Waals surface area contributed by atoms with Gasteiger partial charge in [-0.3, -0.25) is 4.99 Å². The summed E-state index contributed by atoms with van der Waals surface area (Å²) in [6.07, 6.45) is 2.53. The van der Waals surface area contributed by atoms with Crippen molar-refractivity contribution in [2.75, 3.05) is 32.8 Å². The van der Waals surface area contributed by atoms with E-state index >= 15 is 0 Å². The third-order valence-corrected chi connectivity index (χ3v) is 3.83. The zero-order valence-corrected chi connectivity index (χ0v) is 16.0. The Hall–Kier alpha value is -0.860. The third kappa shape index (κ3) is 7.05. The van der Waals surface area contributed by atoms with E-state index < -0.39 is 0 Å². The predicted molar refractivity (Wildman–Crippen MR) is 105 cm³/mol. The van der Waals surface area contributed by atoms with Gasteiger partial charge in [-0.2, -0.15) is 0 Å². The van der Waals surface area contributed by atoms with Gasteiger partial charge in [-0.05, 0) is 25.3 Å². The molecule has 1 fully saturated rings. The SMILES string of the molecule is CCNC(=NCC(CO)c1ccccc1)NCC1CCCO1.I. The van der Waals surface area contributed by atoms with Crippen LogP contribution in [0.15, 0.2) is 35.3 Å². The normalized spacial score (nSPS) is 19.0. The van der Waals surface area contributed by atoms with Crippen LogP contribution in [0.25, 0.3) is 0 Å². The highest BCUT2D eigenvalue weighted by Gasteiger charge is 2.16. The van der Waals surface area contributed by atoms with Gasteiger partial charge in [-0.15, -0.1) is 24.0 Å². The highest BCUT2D eigenvalue weighted by atomic mass is 127. The molecule has 0 spiro atoms. The number of benzene rings is 1. The summed E-state index contributed by atoms with van der Waals surface area (Å²) in [5.41, 5.74) is 1.11. The first-order valence-electron chi connectivity index (χ1n) is 8.13. The van der Waals surface area contributed by atoms with Crippen molar-refractivity contribution in [3.05, 3.63) is 35.9 Å². The van der Waals surface area contributed by atoms with Gasteiger partial charge in [0.2, 0.25) is 0 Å². The summed E-state index contributed by atoms with van der Waals surface area (Å²) < 4.78 is 5.61. The molecular formula is C17H28IN3O2. The topological polar surface area (TPSA) is 65.9 Å². The quantitative estimate of drug-likeness (QED) is 0.350. The number of ether oxygens (including phenoxy) is 1. The Balaban J connectivity index is 0.00000264. The average Bonchev–Trinajstić information content (AvgIpc) is 3.07. The summed E-state index contributed by atoms with van der Waals surface area (Å²) in [6, 6.07) is 10.0. The molecule has 2 unspecified atom stereocenters. The molecular weight excluding hydrogens is 405 g/mol. The maximum absolute atomic E-state index is 9.59. The molecule has 0 aliphatic carbocycles. The third-order valence-electron chi connectivity index (χ3n) is 3.83. The number of guanidine groups is 1. The fourth-order valence-electron chi connectivity index (χ4n) is 2.55. The first-order valence-corrected chi connectivity index (χ1v) is 8.13. The highest BCUT2D eigenvalue weighted by Crippen LogP contribution is 2.15. The minimum Gasteiger partial charge on any atom is -0.396 e. The van der Waals surface area contributed by atoms with Crippen molar-refractivity contribution < 1.29 is 9.84 Å². The first kappa shape index (κ1) is 20.2. The molecule has 1 aromatic rings. The van der Waals surface area contributed by atoms with Crippen molar-refractivity contribution in [1.29, 1.82) is 0 Å². The van der Waals surface area contributed by atoms with Gasteiger partial charge >= 0.3 is 0 Å². The molecule has 2 rings (SSSR count). The molecule has 1 heterocycles. The second-order valence-corrected chi connectivity index (χ2v) is 5.53. The van der Waals surface area contributed by atoms with Crippen LogP contribution in [0.1, 0.15) is 31.2 Å². The lowest BCUT2D eigenvalue weighted by Crippen LogP contribution is -2.41. The average molecular weight is 433 g/mol. The Bertz CT molecular complexity index is 450. The summed E-state index contributed by atoms with van der Waals surface area (Å²) in [5, 5.41) is 16.2. The van der Waals surface area contributed by atoms with Crippen LogP contribution in [0.4, 0.5) is 0 Å². The van der Waals surface area contributed by atoms with Gasteiger partial charge in [0.15, 0.2) is 5.96 Å². The largest absolute Gasteiger partial charge is 0.396 e. The number of nitrogens with zero attached hydrogens (tertiary/aromatic N) is 1. The Morgan fingerprint density at radius 1 is 1.35 bits per heavy atom. The van der Waals surface area contributed by atoms with E-state index in [0.717, 1.165) is 44.1 Å². The second kappa shape index (κ2) is 11.6. The number of rotatable bonds is 7. The van der Waals surface area contributed by atoms with Crippen LogP contribution in [0, 0.1) is 0 Å². The van der Waals surface area contributed by atoms with E-state index in [4.69, 9.17) is 4.74 Å². The molecule has 1 aromatic carbocycles. The number of aliphatic hydroxyl groups is 1. The molecule has 0 amide bonds. The highest BCUT2D eigenvalue weighted by molar-refractivity contribution is 14.0. The smallest absolute Gasteiger partial charge is 0.191 e. The lowest BCUT2D eigenvalue weighted by atomic mass is 10.0. The molecule has 130 valence electrons. The monoisotopic (exact) mass is 433 g/mol. The minimum absolute atomic E-state index is 0. The molecule has 23 heavy (non-hydrogen) atoms. The fraction of sp³-hybridized carbons (Fsp3) is 0.588. The summed E-state index contributed by atoms with van der Waals surface area (Å²) in [6.45, 7) is 5.15. The molecule has 0 bridgehead atoms. The molecule has 1 aliphatic heterocycles. The number of hydrogen-bond acceptors (Lipinski definition) is 3. The molecule has 1 aliphatic rings. The first-order chi connectivity index (χ1) is 10.8. The lowest BCUT2D eigenvalue weighted by Gasteiger charge is -2.17. The Kier molecular flexibility index (Phi) is 10.2. The zero-order valence-electron chi connectivity index (χ0n) is 13.7. The molecule has 2 atom stereocenters. The van der Waals surface area contributed by atoms with E-state index in [9.17, 15) is 5.11 Å². The van der Waals surface area contributed by atoms with Crippen LogP contribution in [0.3, 0.4) is 0 Å². The van der Waals surface area contributed by atoms with E-state index in [-0.39, 0.29) is 42.6 Å². The Labute approximate surface area is 155 Å². The van der Waals surface area contributed by atoms with Crippen LogP contribution in [-0.2, 0) is 4.74 Å². The van der Waals surface area contributed by atoms with Crippen molar-refractivity contribution in [3.8, 4) is 0 Å². The molecule has 3 N–H and O–H groups in total. The van der Waals surface area contributed by atoms with Gasteiger partial charge in [0.05, 0.1) is 19.3 Å². The van der Waals surface area contributed by atoms with Crippen molar-refractivity contribution >= 4 is 29.9 Å². The number of aliphatic imine (C=N–C) groups is 1. The number of aliphatic hydroxyl groups excluding tert-OH is 1. The van der Waals surface area contributed by atoms with Crippen LogP contribution in [0.2, 0.25) is 0 Å². The second-order valence-electron chi connectivity index (χ2n) is 5.53. The zero-order chi connectivity index (χ0) is 15.6. The summed E-state index contributed by atoms with van der Waals surface area (Å²) in [7, 11) is 0. The van der Waals surface area contributed by atoms with E-state index in [0.29, 0.717) is 6.54 Å². The van der Waals surface area contributed by atoms with E-state index in [1.165, 1.54) is 0 Å². The van der Waals surface area contributed by atoms with E-state index in [1.807, 2.05) is 37.3 Å². The molecule has 5 nitrogen and oxygen atoms in total. The number of hydrogen-bond donors (Lipinski definition) is 3.